The second-order valence-electron chi connectivity index (χ2n) is 6.69. The lowest BCUT2D eigenvalue weighted by molar-refractivity contribution is -0.110. The summed E-state index contributed by atoms with van der Waals surface area (Å²) in [5.41, 5.74) is 0. The van der Waals surface area contributed by atoms with Gasteiger partial charge in [0.2, 0.25) is 0 Å². The van der Waals surface area contributed by atoms with E-state index in [1.165, 1.54) is 0 Å². The zero-order valence-corrected chi connectivity index (χ0v) is 14.2. The lowest BCUT2D eigenvalue weighted by Gasteiger charge is -2.43. The van der Waals surface area contributed by atoms with Crippen molar-refractivity contribution in [2.75, 3.05) is 52.5 Å². The summed E-state index contributed by atoms with van der Waals surface area (Å²) in [6.45, 7) is 12.8. The van der Waals surface area contributed by atoms with Gasteiger partial charge in [-0.1, -0.05) is 0 Å². The molecule has 1 N–H and O–H groups in total. The average molecular weight is 313 g/mol. The van der Waals surface area contributed by atoms with Crippen molar-refractivity contribution in [1.29, 1.82) is 0 Å². The van der Waals surface area contributed by atoms with Crippen molar-refractivity contribution in [3.8, 4) is 0 Å². The normalized spacial score (nSPS) is 31.5. The first-order chi connectivity index (χ1) is 10.6. The van der Waals surface area contributed by atoms with Crippen molar-refractivity contribution in [1.82, 2.24) is 15.1 Å². The van der Waals surface area contributed by atoms with Gasteiger partial charge in [0.25, 0.3) is 0 Å². The lowest BCUT2D eigenvalue weighted by Crippen LogP contribution is -2.61. The Morgan fingerprint density at radius 3 is 2.91 bits per heavy atom. The van der Waals surface area contributed by atoms with Gasteiger partial charge >= 0.3 is 0 Å². The molecule has 2 rings (SSSR count). The van der Waals surface area contributed by atoms with Crippen molar-refractivity contribution >= 4 is 6.29 Å². The van der Waals surface area contributed by atoms with E-state index in [2.05, 4.69) is 35.9 Å². The third kappa shape index (κ3) is 5.28. The molecule has 2 heterocycles. The van der Waals surface area contributed by atoms with Crippen LogP contribution in [0.2, 0.25) is 0 Å². The summed E-state index contributed by atoms with van der Waals surface area (Å²) in [6.07, 6.45) is 1.26. The Kier molecular flexibility index (Phi) is 7.24. The molecule has 2 aliphatic rings. The highest BCUT2D eigenvalue weighted by molar-refractivity contribution is 5.52. The average Bonchev–Trinajstić information content (AvgIpc) is 2.49. The zero-order valence-electron chi connectivity index (χ0n) is 14.2. The predicted molar refractivity (Wildman–Crippen MR) is 86.2 cm³/mol. The maximum absolute atomic E-state index is 10.9. The minimum absolute atomic E-state index is 0.243. The largest absolute Gasteiger partial charge is 0.378 e. The first kappa shape index (κ1) is 17.8. The molecular weight excluding hydrogens is 282 g/mol. The Hall–Kier alpha value is -0.530. The van der Waals surface area contributed by atoms with Crippen LogP contribution in [0.1, 0.15) is 20.8 Å². The van der Waals surface area contributed by atoms with Gasteiger partial charge in [-0.3, -0.25) is 9.80 Å². The van der Waals surface area contributed by atoms with E-state index in [-0.39, 0.29) is 6.10 Å². The molecule has 0 aromatic rings. The number of hydrogen-bond donors (Lipinski definition) is 1. The van der Waals surface area contributed by atoms with E-state index < -0.39 is 0 Å². The van der Waals surface area contributed by atoms with Crippen LogP contribution >= 0.6 is 0 Å². The van der Waals surface area contributed by atoms with Crippen LogP contribution in [0, 0.1) is 0 Å². The minimum atomic E-state index is 0.243. The van der Waals surface area contributed by atoms with E-state index in [1.807, 2.05) is 0 Å². The van der Waals surface area contributed by atoms with Gasteiger partial charge in [-0.05, 0) is 20.8 Å². The maximum atomic E-state index is 10.9. The highest BCUT2D eigenvalue weighted by Gasteiger charge is 2.31. The van der Waals surface area contributed by atoms with Crippen LogP contribution < -0.4 is 5.32 Å². The molecule has 6 nitrogen and oxygen atoms in total. The second-order valence-corrected chi connectivity index (χ2v) is 6.69. The number of hydrogen-bond acceptors (Lipinski definition) is 6. The lowest BCUT2D eigenvalue weighted by atomic mass is 10.1. The maximum Gasteiger partial charge on any atom is 0.133 e. The third-order valence-corrected chi connectivity index (χ3v) is 4.45. The molecule has 2 fully saturated rings. The molecule has 22 heavy (non-hydrogen) atoms. The van der Waals surface area contributed by atoms with Crippen molar-refractivity contribution in [2.45, 2.75) is 45.0 Å². The van der Waals surface area contributed by atoms with E-state index >= 15 is 0 Å². The fourth-order valence-electron chi connectivity index (χ4n) is 3.19. The molecule has 6 heteroatoms. The minimum Gasteiger partial charge on any atom is -0.378 e. The van der Waals surface area contributed by atoms with Gasteiger partial charge in [-0.2, -0.15) is 0 Å². The summed E-state index contributed by atoms with van der Waals surface area (Å²) in [5, 5.41) is 3.53. The Morgan fingerprint density at radius 1 is 1.36 bits per heavy atom. The third-order valence-electron chi connectivity index (χ3n) is 4.45. The number of nitrogens with zero attached hydrogens (tertiary/aromatic N) is 2. The molecular formula is C16H31N3O3. The molecule has 3 atom stereocenters. The summed E-state index contributed by atoms with van der Waals surface area (Å²) in [5.74, 6) is 0. The van der Waals surface area contributed by atoms with E-state index in [0.29, 0.717) is 31.3 Å². The van der Waals surface area contributed by atoms with Crippen molar-refractivity contribution in [3.63, 3.8) is 0 Å². The first-order valence-corrected chi connectivity index (χ1v) is 8.44. The van der Waals surface area contributed by atoms with Gasteiger partial charge in [0.15, 0.2) is 0 Å². The van der Waals surface area contributed by atoms with E-state index in [0.717, 1.165) is 45.7 Å². The smallest absolute Gasteiger partial charge is 0.133 e. The standard InChI is InChI=1S/C16H31N3O3/c1-13(2)22-12-16-11-21-7-5-19(16)10-15-8-17-14(3)9-18(15)4-6-20/h6,13-17H,4-5,7-12H2,1-3H3/t14-,15-,16+/m1/s1. The number of piperazine rings is 1. The molecule has 0 spiro atoms. The molecule has 0 unspecified atom stereocenters. The van der Waals surface area contributed by atoms with Gasteiger partial charge in [0.1, 0.15) is 6.29 Å². The predicted octanol–water partition coefficient (Wildman–Crippen LogP) is -0.0266. The number of nitrogens with one attached hydrogen (secondary N) is 1. The van der Waals surface area contributed by atoms with E-state index in [1.54, 1.807) is 0 Å². The fraction of sp³-hybridized carbons (Fsp3) is 0.938. The molecule has 2 aliphatic heterocycles. The van der Waals surface area contributed by atoms with Crippen LogP contribution in [-0.2, 0) is 14.3 Å². The fourth-order valence-corrected chi connectivity index (χ4v) is 3.19. The van der Waals surface area contributed by atoms with Crippen molar-refractivity contribution in [2.24, 2.45) is 0 Å². The van der Waals surface area contributed by atoms with Crippen molar-refractivity contribution in [3.05, 3.63) is 0 Å². The highest BCUT2D eigenvalue weighted by Crippen LogP contribution is 2.14. The zero-order chi connectivity index (χ0) is 15.9. The quantitative estimate of drug-likeness (QED) is 0.667. The van der Waals surface area contributed by atoms with Crippen molar-refractivity contribution < 1.29 is 14.3 Å². The summed E-state index contributed by atoms with van der Waals surface area (Å²) in [7, 11) is 0. The van der Waals surface area contributed by atoms with E-state index in [4.69, 9.17) is 9.47 Å². The van der Waals surface area contributed by atoms with Gasteiger partial charge in [0, 0.05) is 38.3 Å². The number of carbonyl (C=O) groups excluding carboxylic acids is 1. The van der Waals surface area contributed by atoms with Gasteiger partial charge in [-0.25, -0.2) is 0 Å². The molecule has 0 bridgehead atoms. The summed E-state index contributed by atoms with van der Waals surface area (Å²) in [6, 6.07) is 1.13. The Balaban J connectivity index is 1.91. The molecule has 0 aromatic heterocycles. The number of aldehydes is 1. The van der Waals surface area contributed by atoms with Gasteiger partial charge in [-0.15, -0.1) is 0 Å². The Morgan fingerprint density at radius 2 is 2.18 bits per heavy atom. The number of carbonyl (C=O) groups is 1. The van der Waals surface area contributed by atoms with Crippen LogP contribution in [0.15, 0.2) is 0 Å². The Labute approximate surface area is 134 Å². The van der Waals surface area contributed by atoms with Crippen LogP contribution in [0.4, 0.5) is 0 Å². The number of ether oxygens (including phenoxy) is 2. The topological polar surface area (TPSA) is 54.0 Å². The monoisotopic (exact) mass is 313 g/mol. The van der Waals surface area contributed by atoms with Gasteiger partial charge in [0.05, 0.1) is 38.5 Å². The molecule has 128 valence electrons. The Bertz CT molecular complexity index is 341. The molecule has 0 aliphatic carbocycles. The van der Waals surface area contributed by atoms with Crippen LogP contribution in [0.5, 0.6) is 0 Å². The second kappa shape index (κ2) is 8.93. The molecule has 0 amide bonds. The highest BCUT2D eigenvalue weighted by atomic mass is 16.5. The molecule has 0 aromatic carbocycles. The molecule has 0 radical (unpaired) electrons. The molecule has 2 saturated heterocycles. The van der Waals surface area contributed by atoms with Crippen LogP contribution in [-0.4, -0.2) is 92.9 Å². The molecule has 0 saturated carbocycles. The van der Waals surface area contributed by atoms with Gasteiger partial charge < -0.3 is 19.6 Å². The van der Waals surface area contributed by atoms with Crippen LogP contribution in [0.25, 0.3) is 0 Å². The first-order valence-electron chi connectivity index (χ1n) is 8.44. The summed E-state index contributed by atoms with van der Waals surface area (Å²) < 4.78 is 11.4. The number of rotatable bonds is 7. The summed E-state index contributed by atoms with van der Waals surface area (Å²) >= 11 is 0. The van der Waals surface area contributed by atoms with Crippen LogP contribution in [0.3, 0.4) is 0 Å². The number of morpholine rings is 1. The summed E-state index contributed by atoms with van der Waals surface area (Å²) in [4.78, 5) is 15.7. The SMILES string of the molecule is CC(C)OC[C@@H]1COCCN1C[C@H]1CN[C@H](C)CN1CC=O. The van der Waals surface area contributed by atoms with E-state index in [9.17, 15) is 4.79 Å².